The Morgan fingerprint density at radius 3 is 2.70 bits per heavy atom. The summed E-state index contributed by atoms with van der Waals surface area (Å²) in [6.07, 6.45) is 4.03. The lowest BCUT2D eigenvalue weighted by Crippen LogP contribution is -2.35. The number of fused-ring (bicyclic) bond motifs is 2. The Morgan fingerprint density at radius 2 is 1.90 bits per heavy atom. The first kappa shape index (κ1) is 18.4. The molecule has 0 aliphatic rings. The molecular weight excluding hydrogens is 396 g/mol. The first-order valence-electron chi connectivity index (χ1n) is 9.55. The van der Waals surface area contributed by atoms with Gasteiger partial charge >= 0.3 is 5.97 Å². The van der Waals surface area contributed by atoms with Crippen LogP contribution >= 0.6 is 11.3 Å². The van der Waals surface area contributed by atoms with Gasteiger partial charge in [0, 0.05) is 29.8 Å². The summed E-state index contributed by atoms with van der Waals surface area (Å²) in [7, 11) is 1.36. The summed E-state index contributed by atoms with van der Waals surface area (Å²) in [4.78, 5) is 14.7. The molecule has 0 radical (unpaired) electrons. The zero-order chi connectivity index (χ0) is 20.5. The molecule has 0 unspecified atom stereocenters. The molecule has 5 rings (SSSR count). The highest BCUT2D eigenvalue weighted by molar-refractivity contribution is 7.18. The summed E-state index contributed by atoms with van der Waals surface area (Å²) >= 11 is 1.75. The number of rotatable bonds is 5. The molecule has 0 saturated heterocycles. The van der Waals surface area contributed by atoms with Crippen LogP contribution in [0.3, 0.4) is 0 Å². The lowest BCUT2D eigenvalue weighted by Gasteiger charge is -1.98. The second-order valence-corrected chi connectivity index (χ2v) is 7.98. The number of aromatic nitrogens is 2. The SMILES string of the molecule is COC(=O)c1cc2oc(/C=C/c3sc4ccccc4[n+]3Cc3ccccc3)cc2[nH]1. The van der Waals surface area contributed by atoms with Crippen LogP contribution in [-0.4, -0.2) is 18.1 Å². The quantitative estimate of drug-likeness (QED) is 0.314. The van der Waals surface area contributed by atoms with Crippen LogP contribution in [0.4, 0.5) is 0 Å². The van der Waals surface area contributed by atoms with Crippen LogP contribution in [0.1, 0.15) is 26.8 Å². The van der Waals surface area contributed by atoms with E-state index in [4.69, 9.17) is 9.15 Å². The molecule has 0 saturated carbocycles. The van der Waals surface area contributed by atoms with E-state index >= 15 is 0 Å². The summed E-state index contributed by atoms with van der Waals surface area (Å²) in [5, 5.41) is 1.13. The smallest absolute Gasteiger partial charge is 0.354 e. The number of carbonyl (C=O) groups is 1. The van der Waals surface area contributed by atoms with Crippen LogP contribution in [0.2, 0.25) is 0 Å². The van der Waals surface area contributed by atoms with Crippen molar-refractivity contribution >= 4 is 50.8 Å². The molecule has 3 heterocycles. The predicted octanol–water partition coefficient (Wildman–Crippen LogP) is 5.27. The van der Waals surface area contributed by atoms with Crippen LogP contribution in [0.5, 0.6) is 0 Å². The van der Waals surface area contributed by atoms with Crippen molar-refractivity contribution in [1.29, 1.82) is 0 Å². The number of hydrogen-bond acceptors (Lipinski definition) is 4. The summed E-state index contributed by atoms with van der Waals surface area (Å²) in [5.74, 6) is 0.308. The van der Waals surface area contributed by atoms with Crippen molar-refractivity contribution in [3.05, 3.63) is 88.8 Å². The van der Waals surface area contributed by atoms with E-state index in [0.29, 0.717) is 11.3 Å². The third-order valence-electron chi connectivity index (χ3n) is 4.94. The van der Waals surface area contributed by atoms with Crippen LogP contribution in [0.15, 0.2) is 71.1 Å². The van der Waals surface area contributed by atoms with Gasteiger partial charge in [-0.15, -0.1) is 0 Å². The normalized spacial score (nSPS) is 11.6. The van der Waals surface area contributed by atoms with Gasteiger partial charge in [-0.25, -0.2) is 4.79 Å². The molecular formula is C24H19N2O3S+. The molecule has 5 aromatic rings. The molecule has 5 nitrogen and oxygen atoms in total. The first-order chi connectivity index (χ1) is 14.7. The lowest BCUT2D eigenvalue weighted by atomic mass is 10.2. The second kappa shape index (κ2) is 7.65. The zero-order valence-electron chi connectivity index (χ0n) is 16.3. The van der Waals surface area contributed by atoms with Crippen molar-refractivity contribution in [3.63, 3.8) is 0 Å². The molecule has 0 aliphatic heterocycles. The molecule has 0 amide bonds. The summed E-state index contributed by atoms with van der Waals surface area (Å²) in [6.45, 7) is 0.798. The highest BCUT2D eigenvalue weighted by Crippen LogP contribution is 2.25. The van der Waals surface area contributed by atoms with E-state index in [2.05, 4.69) is 64.2 Å². The van der Waals surface area contributed by atoms with Gasteiger partial charge in [-0.3, -0.25) is 0 Å². The third kappa shape index (κ3) is 3.42. The first-order valence-corrected chi connectivity index (χ1v) is 10.4. The predicted molar refractivity (Wildman–Crippen MR) is 118 cm³/mol. The van der Waals surface area contributed by atoms with Crippen molar-refractivity contribution in [2.75, 3.05) is 7.11 Å². The molecule has 0 fully saturated rings. The second-order valence-electron chi connectivity index (χ2n) is 6.91. The maximum absolute atomic E-state index is 11.6. The fraction of sp³-hybridized carbons (Fsp3) is 0.0833. The minimum atomic E-state index is -0.411. The minimum Gasteiger partial charge on any atom is -0.464 e. The number of benzene rings is 2. The van der Waals surface area contributed by atoms with Gasteiger partial charge in [0.15, 0.2) is 12.1 Å². The topological polar surface area (TPSA) is 59.1 Å². The Hall–Kier alpha value is -3.64. The third-order valence-corrected chi connectivity index (χ3v) is 6.07. The molecule has 1 N–H and O–H groups in total. The highest BCUT2D eigenvalue weighted by atomic mass is 32.1. The van der Waals surface area contributed by atoms with Crippen molar-refractivity contribution in [2.24, 2.45) is 0 Å². The largest absolute Gasteiger partial charge is 0.464 e. The Balaban J connectivity index is 1.49. The minimum absolute atomic E-state index is 0.381. The molecule has 3 aromatic heterocycles. The number of furan rings is 1. The van der Waals surface area contributed by atoms with Gasteiger partial charge in [-0.2, -0.15) is 4.57 Å². The van der Waals surface area contributed by atoms with E-state index in [1.54, 1.807) is 17.4 Å². The number of thiazole rings is 1. The number of para-hydroxylation sites is 1. The number of H-pyrrole nitrogens is 1. The van der Waals surface area contributed by atoms with E-state index in [-0.39, 0.29) is 0 Å². The monoisotopic (exact) mass is 415 g/mol. The van der Waals surface area contributed by atoms with Gasteiger partial charge in [0.1, 0.15) is 16.2 Å². The fourth-order valence-electron chi connectivity index (χ4n) is 3.50. The van der Waals surface area contributed by atoms with E-state index in [1.165, 1.54) is 22.9 Å². The standard InChI is InChI=1S/C24H18N2O3S/c1-28-24(27)19-14-21-18(25-19)13-17(29-21)11-12-23-26(15-16-7-3-2-4-8-16)20-9-5-6-10-22(20)30-23/h2-14H,15H2,1H3/p+1. The van der Waals surface area contributed by atoms with Crippen LogP contribution in [0, 0.1) is 0 Å². The number of hydrogen-bond donors (Lipinski definition) is 1. The van der Waals surface area contributed by atoms with Gasteiger partial charge in [-0.05, 0) is 12.1 Å². The van der Waals surface area contributed by atoms with E-state index < -0.39 is 5.97 Å². The molecule has 6 heteroatoms. The molecule has 0 aliphatic carbocycles. The molecule has 0 spiro atoms. The van der Waals surface area contributed by atoms with E-state index in [0.717, 1.165) is 22.8 Å². The van der Waals surface area contributed by atoms with Crippen molar-refractivity contribution < 1.29 is 18.5 Å². The molecule has 0 bridgehead atoms. The van der Waals surface area contributed by atoms with Crippen LogP contribution in [0.25, 0.3) is 33.5 Å². The maximum Gasteiger partial charge on any atom is 0.354 e. The Morgan fingerprint density at radius 1 is 1.10 bits per heavy atom. The molecule has 2 aromatic carbocycles. The van der Waals surface area contributed by atoms with E-state index in [9.17, 15) is 4.79 Å². The summed E-state index contributed by atoms with van der Waals surface area (Å²) in [5.41, 5.74) is 4.24. The maximum atomic E-state index is 11.6. The summed E-state index contributed by atoms with van der Waals surface area (Å²) < 4.78 is 14.2. The van der Waals surface area contributed by atoms with Crippen LogP contribution < -0.4 is 4.57 Å². The number of nitrogens with one attached hydrogen (secondary N) is 1. The average Bonchev–Trinajstić information content (AvgIpc) is 3.44. The lowest BCUT2D eigenvalue weighted by molar-refractivity contribution is -0.659. The fourth-order valence-corrected chi connectivity index (χ4v) is 4.57. The summed E-state index contributed by atoms with van der Waals surface area (Å²) in [6, 6.07) is 22.4. The molecule has 0 atom stereocenters. The van der Waals surface area contributed by atoms with Gasteiger partial charge < -0.3 is 14.1 Å². The highest BCUT2D eigenvalue weighted by Gasteiger charge is 2.19. The number of nitrogens with zero attached hydrogens (tertiary/aromatic N) is 1. The Bertz CT molecular complexity index is 1340. The van der Waals surface area contributed by atoms with Crippen molar-refractivity contribution in [3.8, 4) is 0 Å². The Kier molecular flexibility index (Phi) is 4.69. The average molecular weight is 415 g/mol. The number of esters is 1. The number of methoxy groups -OCH3 is 1. The van der Waals surface area contributed by atoms with E-state index in [1.807, 2.05) is 18.2 Å². The van der Waals surface area contributed by atoms with Gasteiger partial charge in [0.2, 0.25) is 5.52 Å². The van der Waals surface area contributed by atoms with Gasteiger partial charge in [0.05, 0.1) is 12.6 Å². The van der Waals surface area contributed by atoms with Gasteiger partial charge in [0.25, 0.3) is 5.01 Å². The molecule has 30 heavy (non-hydrogen) atoms. The van der Waals surface area contributed by atoms with Crippen LogP contribution in [-0.2, 0) is 11.3 Å². The van der Waals surface area contributed by atoms with Crippen molar-refractivity contribution in [1.82, 2.24) is 4.98 Å². The number of aromatic amines is 1. The molecule has 148 valence electrons. The zero-order valence-corrected chi connectivity index (χ0v) is 17.1. The van der Waals surface area contributed by atoms with Crippen molar-refractivity contribution in [2.45, 2.75) is 6.54 Å². The van der Waals surface area contributed by atoms with Gasteiger partial charge in [-0.1, -0.05) is 53.8 Å². The number of ether oxygens (including phenoxy) is 1. The Labute approximate surface area is 176 Å². The number of carbonyl (C=O) groups excluding carboxylic acids is 1.